The average molecular weight is 313 g/mol. The molecule has 0 radical (unpaired) electrons. The number of furan rings is 1. The lowest BCUT2D eigenvalue weighted by Crippen LogP contribution is -2.22. The molecule has 0 unspecified atom stereocenters. The van der Waals surface area contributed by atoms with Gasteiger partial charge in [-0.15, -0.1) is 0 Å². The molecule has 96 valence electrons. The molecule has 1 N–H and O–H groups in total. The second-order valence-electron chi connectivity index (χ2n) is 4.39. The maximum absolute atomic E-state index is 9.16. The van der Waals surface area contributed by atoms with E-state index in [9.17, 15) is 0 Å². The summed E-state index contributed by atoms with van der Waals surface area (Å²) in [4.78, 5) is 0. The first kappa shape index (κ1) is 12.2. The summed E-state index contributed by atoms with van der Waals surface area (Å²) >= 11 is 3.47. The highest BCUT2D eigenvalue weighted by atomic mass is 79.9. The van der Waals surface area contributed by atoms with E-state index in [2.05, 4.69) is 15.9 Å². The Morgan fingerprint density at radius 3 is 2.67 bits per heavy atom. The van der Waals surface area contributed by atoms with Crippen molar-refractivity contribution in [2.75, 3.05) is 13.2 Å². The summed E-state index contributed by atoms with van der Waals surface area (Å²) in [5.41, 5.74) is 1.54. The van der Waals surface area contributed by atoms with Crippen LogP contribution < -0.4 is 0 Å². The fourth-order valence-corrected chi connectivity index (χ4v) is 2.73. The number of hydrogen-bond donors (Lipinski definition) is 1. The third kappa shape index (κ3) is 1.87. The summed E-state index contributed by atoms with van der Waals surface area (Å²) in [6, 6.07) is 5.69. The molecule has 2 heterocycles. The van der Waals surface area contributed by atoms with Gasteiger partial charge in [0.05, 0.1) is 18.8 Å². The van der Waals surface area contributed by atoms with E-state index in [-0.39, 0.29) is 6.61 Å². The van der Waals surface area contributed by atoms with Crippen molar-refractivity contribution < 1.29 is 19.0 Å². The van der Waals surface area contributed by atoms with Crippen LogP contribution in [0.25, 0.3) is 11.0 Å². The van der Waals surface area contributed by atoms with Gasteiger partial charge in [0.1, 0.15) is 18.0 Å². The maximum Gasteiger partial charge on any atom is 0.195 e. The third-order valence-electron chi connectivity index (χ3n) is 3.12. The first-order valence-electron chi connectivity index (χ1n) is 5.73. The average Bonchev–Trinajstić information content (AvgIpc) is 2.94. The molecule has 0 saturated carbocycles. The zero-order valence-electron chi connectivity index (χ0n) is 9.90. The van der Waals surface area contributed by atoms with Crippen LogP contribution in [0.3, 0.4) is 0 Å². The molecule has 5 heteroatoms. The first-order chi connectivity index (χ1) is 8.62. The Kier molecular flexibility index (Phi) is 2.94. The molecule has 2 aromatic rings. The molecule has 0 bridgehead atoms. The van der Waals surface area contributed by atoms with E-state index in [4.69, 9.17) is 19.0 Å². The number of halogens is 1. The van der Waals surface area contributed by atoms with Gasteiger partial charge >= 0.3 is 0 Å². The van der Waals surface area contributed by atoms with E-state index in [1.807, 2.05) is 25.1 Å². The lowest BCUT2D eigenvalue weighted by atomic mass is 10.1. The van der Waals surface area contributed by atoms with Crippen molar-refractivity contribution in [2.45, 2.75) is 19.3 Å². The normalized spacial score (nSPS) is 18.6. The maximum atomic E-state index is 9.16. The van der Waals surface area contributed by atoms with Crippen LogP contribution in [0.2, 0.25) is 0 Å². The van der Waals surface area contributed by atoms with E-state index in [1.54, 1.807) is 0 Å². The number of benzene rings is 1. The minimum atomic E-state index is -0.785. The van der Waals surface area contributed by atoms with Gasteiger partial charge in [0, 0.05) is 9.86 Å². The van der Waals surface area contributed by atoms with Crippen LogP contribution in [0.4, 0.5) is 0 Å². The predicted octanol–water partition coefficient (Wildman–Crippen LogP) is 2.91. The molecule has 1 fully saturated rings. The zero-order valence-corrected chi connectivity index (χ0v) is 11.5. The SMILES string of the molecule is CC1(c2cc(Br)cc3cc(CO)oc23)OCCO1. The number of aliphatic hydroxyl groups is 1. The van der Waals surface area contributed by atoms with E-state index < -0.39 is 5.79 Å². The summed E-state index contributed by atoms with van der Waals surface area (Å²) in [6.45, 7) is 2.89. The van der Waals surface area contributed by atoms with Crippen LogP contribution in [0.15, 0.2) is 27.1 Å². The summed E-state index contributed by atoms with van der Waals surface area (Å²) in [6.07, 6.45) is 0. The summed E-state index contributed by atoms with van der Waals surface area (Å²) in [5.74, 6) is -0.252. The number of hydrogen-bond acceptors (Lipinski definition) is 4. The van der Waals surface area contributed by atoms with Gasteiger partial charge in [0.2, 0.25) is 0 Å². The van der Waals surface area contributed by atoms with Crippen molar-refractivity contribution >= 4 is 26.9 Å². The van der Waals surface area contributed by atoms with Gasteiger partial charge in [-0.25, -0.2) is 0 Å². The highest BCUT2D eigenvalue weighted by Crippen LogP contribution is 2.38. The number of fused-ring (bicyclic) bond motifs is 1. The van der Waals surface area contributed by atoms with Crippen LogP contribution in [-0.4, -0.2) is 18.3 Å². The number of ether oxygens (including phenoxy) is 2. The van der Waals surface area contributed by atoms with Crippen LogP contribution in [0, 0.1) is 0 Å². The number of aliphatic hydroxyl groups excluding tert-OH is 1. The Labute approximate surface area is 113 Å². The second kappa shape index (κ2) is 4.35. The van der Waals surface area contributed by atoms with E-state index >= 15 is 0 Å². The molecule has 0 spiro atoms. The summed E-state index contributed by atoms with van der Waals surface area (Å²) in [5, 5.41) is 10.1. The first-order valence-corrected chi connectivity index (χ1v) is 6.53. The van der Waals surface area contributed by atoms with Crippen molar-refractivity contribution in [3.63, 3.8) is 0 Å². The van der Waals surface area contributed by atoms with Gasteiger partial charge in [-0.05, 0) is 25.1 Å². The molecule has 0 atom stereocenters. The Bertz CT molecular complexity index is 584. The molecular weight excluding hydrogens is 300 g/mol. The van der Waals surface area contributed by atoms with E-state index in [0.717, 1.165) is 15.4 Å². The van der Waals surface area contributed by atoms with Crippen molar-refractivity contribution in [2.24, 2.45) is 0 Å². The largest absolute Gasteiger partial charge is 0.458 e. The van der Waals surface area contributed by atoms with Gasteiger partial charge in [0.25, 0.3) is 0 Å². The number of rotatable bonds is 2. The van der Waals surface area contributed by atoms with Crippen LogP contribution >= 0.6 is 15.9 Å². The van der Waals surface area contributed by atoms with Crippen LogP contribution in [0.1, 0.15) is 18.2 Å². The molecule has 1 aliphatic rings. The van der Waals surface area contributed by atoms with Gasteiger partial charge in [-0.2, -0.15) is 0 Å². The molecule has 0 aliphatic carbocycles. The molecule has 4 nitrogen and oxygen atoms in total. The molecule has 18 heavy (non-hydrogen) atoms. The topological polar surface area (TPSA) is 51.8 Å². The zero-order chi connectivity index (χ0) is 12.8. The van der Waals surface area contributed by atoms with Crippen molar-refractivity contribution in [1.29, 1.82) is 0 Å². The molecule has 3 rings (SSSR count). The molecule has 0 amide bonds. The highest BCUT2D eigenvalue weighted by molar-refractivity contribution is 9.10. The van der Waals surface area contributed by atoms with Crippen molar-refractivity contribution in [3.8, 4) is 0 Å². The quantitative estimate of drug-likeness (QED) is 0.926. The van der Waals surface area contributed by atoms with Crippen LogP contribution in [0.5, 0.6) is 0 Å². The van der Waals surface area contributed by atoms with Gasteiger partial charge < -0.3 is 19.0 Å². The molecule has 1 aromatic heterocycles. The Morgan fingerprint density at radius 1 is 1.28 bits per heavy atom. The lowest BCUT2D eigenvalue weighted by molar-refractivity contribution is -0.149. The van der Waals surface area contributed by atoms with Crippen molar-refractivity contribution in [3.05, 3.63) is 34.0 Å². The fourth-order valence-electron chi connectivity index (χ4n) is 2.26. The smallest absolute Gasteiger partial charge is 0.195 e. The summed E-state index contributed by atoms with van der Waals surface area (Å²) in [7, 11) is 0. The molecular formula is C13H13BrO4. The van der Waals surface area contributed by atoms with E-state index in [0.29, 0.717) is 24.6 Å². The van der Waals surface area contributed by atoms with E-state index in [1.165, 1.54) is 0 Å². The Hall–Kier alpha value is -0.880. The predicted molar refractivity (Wildman–Crippen MR) is 69.1 cm³/mol. The lowest BCUT2D eigenvalue weighted by Gasteiger charge is -2.23. The minimum Gasteiger partial charge on any atom is -0.458 e. The van der Waals surface area contributed by atoms with Gasteiger partial charge in [0.15, 0.2) is 5.79 Å². The van der Waals surface area contributed by atoms with Gasteiger partial charge in [-0.1, -0.05) is 15.9 Å². The fraction of sp³-hybridized carbons (Fsp3) is 0.385. The summed E-state index contributed by atoms with van der Waals surface area (Å²) < 4.78 is 17.9. The molecule has 1 saturated heterocycles. The Morgan fingerprint density at radius 2 is 2.00 bits per heavy atom. The molecule has 1 aliphatic heterocycles. The Balaban J connectivity index is 2.23. The standard InChI is InChI=1S/C13H13BrO4/c1-13(16-2-3-17-13)11-6-9(14)4-8-5-10(7-15)18-12(8)11/h4-6,15H,2-3,7H2,1H3. The van der Waals surface area contributed by atoms with Crippen LogP contribution in [-0.2, 0) is 21.9 Å². The molecule has 1 aromatic carbocycles. The second-order valence-corrected chi connectivity index (χ2v) is 5.30. The monoisotopic (exact) mass is 312 g/mol. The van der Waals surface area contributed by atoms with Gasteiger partial charge in [-0.3, -0.25) is 0 Å². The third-order valence-corrected chi connectivity index (χ3v) is 3.57. The van der Waals surface area contributed by atoms with Crippen molar-refractivity contribution in [1.82, 2.24) is 0 Å². The minimum absolute atomic E-state index is 0.121. The highest BCUT2D eigenvalue weighted by Gasteiger charge is 2.36.